The minimum Gasteiger partial charge on any atom is -0.308 e. The van der Waals surface area contributed by atoms with Crippen LogP contribution in [0.2, 0.25) is 0 Å². The molecule has 2 unspecified atom stereocenters. The van der Waals surface area contributed by atoms with Crippen molar-refractivity contribution in [3.05, 3.63) is 46.2 Å². The van der Waals surface area contributed by atoms with Crippen LogP contribution >= 0.6 is 27.7 Å². The quantitative estimate of drug-likeness (QED) is 0.913. The van der Waals surface area contributed by atoms with Crippen molar-refractivity contribution < 1.29 is 0 Å². The molecule has 3 nitrogen and oxygen atoms in total. The first-order valence-corrected chi connectivity index (χ1v) is 8.53. The van der Waals surface area contributed by atoms with Gasteiger partial charge in [0.2, 0.25) is 0 Å². The molecule has 1 aliphatic heterocycles. The summed E-state index contributed by atoms with van der Waals surface area (Å²) in [6.07, 6.45) is 2.99. The molecule has 0 radical (unpaired) electrons. The summed E-state index contributed by atoms with van der Waals surface area (Å²) in [4.78, 5) is 1.42. The second-order valence-electron chi connectivity index (χ2n) is 5.00. The number of fused-ring (bicyclic) bond motifs is 1. The van der Waals surface area contributed by atoms with Gasteiger partial charge in [0.1, 0.15) is 0 Å². The Morgan fingerprint density at radius 3 is 2.95 bits per heavy atom. The molecule has 5 heteroatoms. The van der Waals surface area contributed by atoms with Crippen LogP contribution in [0.4, 0.5) is 0 Å². The zero-order chi connectivity index (χ0) is 14.1. The maximum Gasteiger partial charge on any atom is 0.0703 e. The van der Waals surface area contributed by atoms with Crippen molar-refractivity contribution in [2.24, 2.45) is 7.05 Å². The smallest absolute Gasteiger partial charge is 0.0703 e. The lowest BCUT2D eigenvalue weighted by Crippen LogP contribution is -2.32. The number of hydrogen-bond acceptors (Lipinski definition) is 3. The van der Waals surface area contributed by atoms with Crippen LogP contribution in [0.3, 0.4) is 0 Å². The molecule has 2 aromatic rings. The van der Waals surface area contributed by atoms with E-state index in [0.29, 0.717) is 11.3 Å². The van der Waals surface area contributed by atoms with E-state index in [4.69, 9.17) is 0 Å². The van der Waals surface area contributed by atoms with Crippen LogP contribution in [0, 0.1) is 0 Å². The Kier molecular flexibility index (Phi) is 4.19. The third-order valence-electron chi connectivity index (χ3n) is 3.70. The number of nitrogens with one attached hydrogen (secondary N) is 1. The molecule has 0 fully saturated rings. The number of halogens is 1. The van der Waals surface area contributed by atoms with Gasteiger partial charge in [0.05, 0.1) is 22.4 Å². The summed E-state index contributed by atoms with van der Waals surface area (Å²) in [5, 5.41) is 8.51. The van der Waals surface area contributed by atoms with Gasteiger partial charge in [-0.15, -0.1) is 11.8 Å². The van der Waals surface area contributed by atoms with Crippen LogP contribution in [0.15, 0.2) is 39.8 Å². The van der Waals surface area contributed by atoms with Gasteiger partial charge < -0.3 is 5.32 Å². The maximum atomic E-state index is 4.36. The van der Waals surface area contributed by atoms with Gasteiger partial charge in [0, 0.05) is 17.2 Å². The number of aryl methyl sites for hydroxylation is 1. The molecule has 0 bridgehead atoms. The Balaban J connectivity index is 1.90. The van der Waals surface area contributed by atoms with E-state index in [1.165, 1.54) is 16.2 Å². The van der Waals surface area contributed by atoms with Gasteiger partial charge in [-0.05, 0) is 40.5 Å². The zero-order valence-electron chi connectivity index (χ0n) is 11.6. The summed E-state index contributed by atoms with van der Waals surface area (Å²) >= 11 is 5.61. The van der Waals surface area contributed by atoms with E-state index in [9.17, 15) is 0 Å². The molecule has 106 valence electrons. The molecular formula is C15H18BrN3S. The Morgan fingerprint density at radius 2 is 2.30 bits per heavy atom. The molecule has 0 saturated carbocycles. The topological polar surface area (TPSA) is 29.9 Å². The lowest BCUT2D eigenvalue weighted by molar-refractivity contribution is 0.492. The minimum absolute atomic E-state index is 0.305. The third kappa shape index (κ3) is 2.54. The van der Waals surface area contributed by atoms with Crippen LogP contribution in [0.5, 0.6) is 0 Å². The summed E-state index contributed by atoms with van der Waals surface area (Å²) < 4.78 is 3.06. The van der Waals surface area contributed by atoms with E-state index < -0.39 is 0 Å². The lowest BCUT2D eigenvalue weighted by Gasteiger charge is -2.24. The maximum absolute atomic E-state index is 4.36. The van der Waals surface area contributed by atoms with Gasteiger partial charge in [0.15, 0.2) is 0 Å². The molecule has 20 heavy (non-hydrogen) atoms. The highest BCUT2D eigenvalue weighted by Gasteiger charge is 2.32. The van der Waals surface area contributed by atoms with Gasteiger partial charge in [-0.2, -0.15) is 5.10 Å². The number of thioether (sulfide) groups is 1. The average Bonchev–Trinajstić information content (AvgIpc) is 3.01. The van der Waals surface area contributed by atoms with Crippen molar-refractivity contribution >= 4 is 27.7 Å². The Morgan fingerprint density at radius 1 is 1.50 bits per heavy atom. The molecule has 1 N–H and O–H groups in total. The van der Waals surface area contributed by atoms with Crippen LogP contribution in [-0.2, 0) is 13.5 Å². The molecule has 0 aliphatic carbocycles. The fourth-order valence-corrected chi connectivity index (χ4v) is 4.79. The zero-order valence-corrected chi connectivity index (χ0v) is 14.0. The summed E-state index contributed by atoms with van der Waals surface area (Å²) in [6.45, 7) is 3.11. The molecule has 1 aromatic heterocycles. The normalized spacial score (nSPS) is 19.1. The number of nitrogens with zero attached hydrogens (tertiary/aromatic N) is 2. The van der Waals surface area contributed by atoms with Crippen molar-refractivity contribution in [3.8, 4) is 0 Å². The fourth-order valence-electron chi connectivity index (χ4n) is 2.79. The summed E-state index contributed by atoms with van der Waals surface area (Å²) in [7, 11) is 2.01. The molecule has 3 rings (SSSR count). The average molecular weight is 352 g/mol. The highest BCUT2D eigenvalue weighted by molar-refractivity contribution is 9.10. The predicted octanol–water partition coefficient (Wildman–Crippen LogP) is 3.55. The van der Waals surface area contributed by atoms with Gasteiger partial charge in [-0.3, -0.25) is 4.68 Å². The molecular weight excluding hydrogens is 334 g/mol. The Labute approximate surface area is 132 Å². The van der Waals surface area contributed by atoms with Gasteiger partial charge >= 0.3 is 0 Å². The van der Waals surface area contributed by atoms with E-state index in [0.717, 1.165) is 17.4 Å². The Bertz CT molecular complexity index is 566. The van der Waals surface area contributed by atoms with Crippen molar-refractivity contribution in [1.29, 1.82) is 0 Å². The third-order valence-corrected chi connectivity index (χ3v) is 5.70. The standard InChI is InChI=1S/C15H18BrN3S/c1-3-17-14(15-11(16)9-18-19(15)2)13-8-10-6-4-5-7-12(10)20-13/h4-7,9,13-14,17H,3,8H2,1-2H3. The van der Waals surface area contributed by atoms with E-state index in [1.54, 1.807) is 0 Å². The number of rotatable bonds is 4. The molecule has 0 saturated heterocycles. The number of benzene rings is 1. The highest BCUT2D eigenvalue weighted by Crippen LogP contribution is 2.43. The first-order chi connectivity index (χ1) is 9.70. The first-order valence-electron chi connectivity index (χ1n) is 6.86. The van der Waals surface area contributed by atoms with E-state index in [1.807, 2.05) is 29.7 Å². The van der Waals surface area contributed by atoms with Gasteiger partial charge in [0.25, 0.3) is 0 Å². The summed E-state index contributed by atoms with van der Waals surface area (Å²) in [5.41, 5.74) is 2.70. The van der Waals surface area contributed by atoms with Crippen LogP contribution in [-0.4, -0.2) is 21.6 Å². The number of aromatic nitrogens is 2. The molecule has 2 heterocycles. The van der Waals surface area contributed by atoms with E-state index >= 15 is 0 Å². The molecule has 0 spiro atoms. The minimum atomic E-state index is 0.305. The predicted molar refractivity (Wildman–Crippen MR) is 87.1 cm³/mol. The van der Waals surface area contributed by atoms with Crippen molar-refractivity contribution in [3.63, 3.8) is 0 Å². The summed E-state index contributed by atoms with van der Waals surface area (Å²) in [6, 6.07) is 9.02. The largest absolute Gasteiger partial charge is 0.308 e. The monoisotopic (exact) mass is 351 g/mol. The molecule has 0 amide bonds. The lowest BCUT2D eigenvalue weighted by atomic mass is 10.0. The van der Waals surface area contributed by atoms with E-state index in [-0.39, 0.29) is 0 Å². The van der Waals surface area contributed by atoms with E-state index in [2.05, 4.69) is 57.5 Å². The van der Waals surface area contributed by atoms with Crippen LogP contribution in [0.25, 0.3) is 0 Å². The highest BCUT2D eigenvalue weighted by atomic mass is 79.9. The molecule has 2 atom stereocenters. The molecule has 1 aliphatic rings. The second kappa shape index (κ2) is 5.92. The first kappa shape index (κ1) is 14.2. The fraction of sp³-hybridized carbons (Fsp3) is 0.400. The number of hydrogen-bond donors (Lipinski definition) is 1. The Hall–Kier alpha value is -0.780. The van der Waals surface area contributed by atoms with Crippen molar-refractivity contribution in [2.75, 3.05) is 6.54 Å². The van der Waals surface area contributed by atoms with Crippen LogP contribution < -0.4 is 5.32 Å². The van der Waals surface area contributed by atoms with Gasteiger partial charge in [-0.25, -0.2) is 0 Å². The van der Waals surface area contributed by atoms with Crippen LogP contribution in [0.1, 0.15) is 24.2 Å². The van der Waals surface area contributed by atoms with Gasteiger partial charge in [-0.1, -0.05) is 25.1 Å². The second-order valence-corrected chi connectivity index (χ2v) is 7.14. The summed E-state index contributed by atoms with van der Waals surface area (Å²) in [5.74, 6) is 0. The van der Waals surface area contributed by atoms with Crippen molar-refractivity contribution in [2.45, 2.75) is 29.5 Å². The molecule has 1 aromatic carbocycles. The SMILES string of the molecule is CCNC(c1c(Br)cnn1C)C1Cc2ccccc2S1. The van der Waals surface area contributed by atoms with Crippen molar-refractivity contribution in [1.82, 2.24) is 15.1 Å².